The van der Waals surface area contributed by atoms with Crippen molar-refractivity contribution in [1.82, 2.24) is 14.6 Å². The minimum Gasteiger partial charge on any atom is -0.455 e. The summed E-state index contributed by atoms with van der Waals surface area (Å²) >= 11 is 0. The highest BCUT2D eigenvalue weighted by Gasteiger charge is 2.62. The Balaban J connectivity index is 2.15. The number of nitrogens with two attached hydrogens (primary N) is 1. The number of esters is 2. The average Bonchev–Trinajstić information content (AvgIpc) is 3.38. The molecule has 0 saturated carbocycles. The molecule has 11 nitrogen and oxygen atoms in total. The predicted molar refractivity (Wildman–Crippen MR) is 114 cm³/mol. The fourth-order valence-corrected chi connectivity index (χ4v) is 3.84. The number of ketones is 1. The van der Waals surface area contributed by atoms with Gasteiger partial charge in [0.05, 0.1) is 5.69 Å². The summed E-state index contributed by atoms with van der Waals surface area (Å²) in [6.07, 6.45) is -1.25. The third kappa shape index (κ3) is 4.52. The van der Waals surface area contributed by atoms with E-state index in [1.165, 1.54) is 10.8 Å². The lowest BCUT2D eigenvalue weighted by atomic mass is 9.91. The molecule has 1 aliphatic heterocycles. The highest BCUT2D eigenvalue weighted by molar-refractivity contribution is 5.78. The normalized spacial score (nSPS) is 24.4. The fraction of sp³-hybridized carbons (Fsp3) is 0.545. The average molecular weight is 457 g/mol. The molecule has 2 N–H and O–H groups in total. The predicted octanol–water partition coefficient (Wildman–Crippen LogP) is 1.83. The number of nitrogens with zero attached hydrogens (tertiary/aromatic N) is 4. The van der Waals surface area contributed by atoms with Crippen molar-refractivity contribution in [3.05, 3.63) is 24.2 Å². The van der Waals surface area contributed by atoms with Gasteiger partial charge in [0.15, 0.2) is 18.0 Å². The number of Topliss-reactive ketones (excluding diaryl/α,β-unsaturated/α-hetero) is 1. The summed E-state index contributed by atoms with van der Waals surface area (Å²) in [5.41, 5.74) is 4.74. The SMILES string of the molecule is CCC(=O)CC[C@H]1O[C@@](C#N)(c2ccc3c(N)ncnn23)[C@H](OC(=O)CC)[C@@H]1OC(=O)CC. The summed E-state index contributed by atoms with van der Waals surface area (Å²) in [6, 6.07) is 5.32. The number of carbonyl (C=O) groups is 3. The first-order chi connectivity index (χ1) is 15.8. The molecule has 0 aliphatic carbocycles. The molecule has 176 valence electrons. The Hall–Kier alpha value is -3.52. The van der Waals surface area contributed by atoms with E-state index in [9.17, 15) is 19.6 Å². The summed E-state index contributed by atoms with van der Waals surface area (Å²) in [5, 5.41) is 14.5. The van der Waals surface area contributed by atoms with Gasteiger partial charge in [-0.15, -0.1) is 0 Å². The van der Waals surface area contributed by atoms with Gasteiger partial charge in [-0.05, 0) is 18.6 Å². The van der Waals surface area contributed by atoms with Crippen LogP contribution in [0, 0.1) is 11.3 Å². The van der Waals surface area contributed by atoms with Gasteiger partial charge in [0, 0.05) is 25.7 Å². The maximum Gasteiger partial charge on any atom is 0.306 e. The molecule has 0 amide bonds. The quantitative estimate of drug-likeness (QED) is 0.550. The van der Waals surface area contributed by atoms with Crippen LogP contribution in [0.4, 0.5) is 5.82 Å². The number of nitriles is 1. The molecule has 0 aromatic carbocycles. The summed E-state index contributed by atoms with van der Waals surface area (Å²) in [6.45, 7) is 4.98. The van der Waals surface area contributed by atoms with Gasteiger partial charge in [-0.3, -0.25) is 14.4 Å². The van der Waals surface area contributed by atoms with Gasteiger partial charge in [-0.1, -0.05) is 20.8 Å². The summed E-state index contributed by atoms with van der Waals surface area (Å²) in [5.74, 6) is -0.970. The maximum absolute atomic E-state index is 12.3. The Morgan fingerprint density at radius 2 is 1.88 bits per heavy atom. The number of nitrogen functional groups attached to an aromatic ring is 1. The van der Waals surface area contributed by atoms with Gasteiger partial charge in [-0.2, -0.15) is 10.4 Å². The first-order valence-corrected chi connectivity index (χ1v) is 10.9. The van der Waals surface area contributed by atoms with E-state index in [0.717, 1.165) is 0 Å². The lowest BCUT2D eigenvalue weighted by molar-refractivity contribution is -0.168. The smallest absolute Gasteiger partial charge is 0.306 e. The van der Waals surface area contributed by atoms with Crippen LogP contribution in [0.2, 0.25) is 0 Å². The number of rotatable bonds is 9. The van der Waals surface area contributed by atoms with Gasteiger partial charge in [0.1, 0.15) is 29.8 Å². The van der Waals surface area contributed by atoms with Crippen LogP contribution in [0.5, 0.6) is 0 Å². The molecule has 2 aromatic rings. The molecule has 0 spiro atoms. The van der Waals surface area contributed by atoms with Crippen LogP contribution in [-0.2, 0) is 34.2 Å². The van der Waals surface area contributed by atoms with E-state index in [1.54, 1.807) is 32.9 Å². The van der Waals surface area contributed by atoms with Crippen LogP contribution in [0.25, 0.3) is 5.52 Å². The molecular weight excluding hydrogens is 430 g/mol. The molecule has 0 unspecified atom stereocenters. The maximum atomic E-state index is 12.3. The van der Waals surface area contributed by atoms with Gasteiger partial charge in [0.2, 0.25) is 5.60 Å². The zero-order valence-electron chi connectivity index (χ0n) is 18.8. The standard InChI is InChI=1S/C22H27N5O6/c1-4-13(28)7-9-15-19(31-17(29)5-2)20(32-18(30)6-3)22(11-23,33-15)16-10-8-14-21(24)25-12-26-27(14)16/h8,10,12,15,19-20H,4-7,9H2,1-3H3,(H2,24,25,26)/t15-,19-,20-,22+/m1/s1. The Morgan fingerprint density at radius 1 is 1.18 bits per heavy atom. The number of ether oxygens (including phenoxy) is 3. The van der Waals surface area contributed by atoms with Gasteiger partial charge in [-0.25, -0.2) is 9.50 Å². The molecule has 3 heterocycles. The Bertz CT molecular complexity index is 1090. The summed E-state index contributed by atoms with van der Waals surface area (Å²) < 4.78 is 18.9. The van der Waals surface area contributed by atoms with E-state index in [1.807, 2.05) is 0 Å². The van der Waals surface area contributed by atoms with Crippen molar-refractivity contribution in [3.63, 3.8) is 0 Å². The van der Waals surface area contributed by atoms with Crippen molar-refractivity contribution in [1.29, 1.82) is 5.26 Å². The van der Waals surface area contributed by atoms with Crippen molar-refractivity contribution >= 4 is 29.1 Å². The van der Waals surface area contributed by atoms with Gasteiger partial charge >= 0.3 is 11.9 Å². The van der Waals surface area contributed by atoms with E-state index in [2.05, 4.69) is 16.2 Å². The Kier molecular flexibility index (Phi) is 7.28. The molecule has 4 atom stereocenters. The van der Waals surface area contributed by atoms with E-state index in [-0.39, 0.29) is 43.0 Å². The second-order valence-corrected chi connectivity index (χ2v) is 7.67. The highest BCUT2D eigenvalue weighted by atomic mass is 16.6. The number of aromatic nitrogens is 3. The van der Waals surface area contributed by atoms with Crippen molar-refractivity contribution in [3.8, 4) is 6.07 Å². The van der Waals surface area contributed by atoms with Crippen LogP contribution < -0.4 is 5.73 Å². The number of hydrogen-bond acceptors (Lipinski definition) is 10. The first-order valence-electron chi connectivity index (χ1n) is 10.9. The zero-order chi connectivity index (χ0) is 24.2. The monoisotopic (exact) mass is 457 g/mol. The highest BCUT2D eigenvalue weighted by Crippen LogP contribution is 2.44. The molecule has 2 aromatic heterocycles. The van der Waals surface area contributed by atoms with Crippen LogP contribution in [0.15, 0.2) is 18.5 Å². The number of anilines is 1. The topological polar surface area (TPSA) is 159 Å². The molecular formula is C22H27N5O6. The molecule has 11 heteroatoms. The summed E-state index contributed by atoms with van der Waals surface area (Å²) in [7, 11) is 0. The second kappa shape index (κ2) is 9.95. The first kappa shape index (κ1) is 24.1. The van der Waals surface area contributed by atoms with E-state index in [0.29, 0.717) is 11.9 Å². The number of carbonyl (C=O) groups excluding carboxylic acids is 3. The van der Waals surface area contributed by atoms with Crippen LogP contribution >= 0.6 is 0 Å². The van der Waals surface area contributed by atoms with E-state index < -0.39 is 35.9 Å². The van der Waals surface area contributed by atoms with Gasteiger partial charge in [0.25, 0.3) is 0 Å². The third-order valence-corrected chi connectivity index (χ3v) is 5.64. The third-order valence-electron chi connectivity index (χ3n) is 5.64. The number of fused-ring (bicyclic) bond motifs is 1. The lowest BCUT2D eigenvalue weighted by Crippen LogP contribution is -2.45. The van der Waals surface area contributed by atoms with E-state index in [4.69, 9.17) is 19.9 Å². The largest absolute Gasteiger partial charge is 0.455 e. The zero-order valence-corrected chi connectivity index (χ0v) is 18.8. The molecule has 1 fully saturated rings. The lowest BCUT2D eigenvalue weighted by Gasteiger charge is -2.28. The van der Waals surface area contributed by atoms with Crippen molar-refractivity contribution in [2.75, 3.05) is 5.73 Å². The minimum absolute atomic E-state index is 0.00983. The van der Waals surface area contributed by atoms with Crippen molar-refractivity contribution in [2.45, 2.75) is 76.8 Å². The molecule has 3 rings (SSSR count). The Morgan fingerprint density at radius 3 is 2.52 bits per heavy atom. The molecule has 0 bridgehead atoms. The molecule has 1 saturated heterocycles. The molecule has 1 aliphatic rings. The Labute approximate surface area is 190 Å². The number of hydrogen-bond donors (Lipinski definition) is 1. The molecule has 0 radical (unpaired) electrons. The van der Waals surface area contributed by atoms with Gasteiger partial charge < -0.3 is 19.9 Å². The summed E-state index contributed by atoms with van der Waals surface area (Å²) in [4.78, 5) is 40.5. The van der Waals surface area contributed by atoms with Crippen LogP contribution in [-0.4, -0.2) is 50.6 Å². The minimum atomic E-state index is -1.86. The van der Waals surface area contributed by atoms with Crippen molar-refractivity contribution in [2.24, 2.45) is 0 Å². The van der Waals surface area contributed by atoms with Crippen LogP contribution in [0.1, 0.15) is 58.6 Å². The fourth-order valence-electron chi connectivity index (χ4n) is 3.84. The van der Waals surface area contributed by atoms with Crippen LogP contribution in [0.3, 0.4) is 0 Å². The second-order valence-electron chi connectivity index (χ2n) is 7.67. The molecule has 33 heavy (non-hydrogen) atoms. The van der Waals surface area contributed by atoms with Crippen molar-refractivity contribution < 1.29 is 28.6 Å². The van der Waals surface area contributed by atoms with E-state index >= 15 is 0 Å².